The van der Waals surface area contributed by atoms with Crippen LogP contribution in [0.2, 0.25) is 0 Å². The van der Waals surface area contributed by atoms with Crippen LogP contribution in [0.5, 0.6) is 5.75 Å². The highest BCUT2D eigenvalue weighted by atomic mass is 19.4. The first-order valence-electron chi connectivity index (χ1n) is 6.60. The van der Waals surface area contributed by atoms with Gasteiger partial charge >= 0.3 is 6.18 Å². The SMILES string of the molecule is FC(F)(F)c1cccc(OC2C[C@H]3CC[C@@H](C2)N3)c1. The molecule has 0 amide bonds. The average molecular weight is 271 g/mol. The highest BCUT2D eigenvalue weighted by Gasteiger charge is 2.35. The Balaban J connectivity index is 1.70. The zero-order chi connectivity index (χ0) is 13.5. The molecule has 104 valence electrons. The maximum absolute atomic E-state index is 12.6. The Hall–Kier alpha value is -1.23. The molecule has 5 heteroatoms. The molecule has 1 unspecified atom stereocenters. The minimum Gasteiger partial charge on any atom is -0.490 e. The van der Waals surface area contributed by atoms with Crippen molar-refractivity contribution in [3.63, 3.8) is 0 Å². The van der Waals surface area contributed by atoms with Crippen molar-refractivity contribution >= 4 is 0 Å². The van der Waals surface area contributed by atoms with Gasteiger partial charge in [0.05, 0.1) is 5.56 Å². The van der Waals surface area contributed by atoms with Crippen LogP contribution in [-0.2, 0) is 6.18 Å². The molecule has 2 saturated heterocycles. The fourth-order valence-corrected chi connectivity index (χ4v) is 3.04. The Bertz CT molecular complexity index is 448. The molecule has 3 rings (SSSR count). The number of ether oxygens (including phenoxy) is 1. The largest absolute Gasteiger partial charge is 0.490 e. The van der Waals surface area contributed by atoms with Gasteiger partial charge in [-0.1, -0.05) is 6.07 Å². The zero-order valence-electron chi connectivity index (χ0n) is 10.4. The number of hydrogen-bond donors (Lipinski definition) is 1. The maximum atomic E-state index is 12.6. The van der Waals surface area contributed by atoms with Gasteiger partial charge in [-0.25, -0.2) is 0 Å². The van der Waals surface area contributed by atoms with E-state index in [4.69, 9.17) is 4.74 Å². The lowest BCUT2D eigenvalue weighted by molar-refractivity contribution is -0.137. The molecule has 2 fully saturated rings. The second kappa shape index (κ2) is 4.71. The molecule has 0 saturated carbocycles. The molecule has 2 nitrogen and oxygen atoms in total. The summed E-state index contributed by atoms with van der Waals surface area (Å²) in [6, 6.07) is 6.08. The molecule has 1 N–H and O–H groups in total. The number of nitrogens with one attached hydrogen (secondary N) is 1. The Morgan fingerprint density at radius 2 is 1.79 bits per heavy atom. The van der Waals surface area contributed by atoms with Gasteiger partial charge in [-0.3, -0.25) is 0 Å². The van der Waals surface area contributed by atoms with Crippen LogP contribution in [0.1, 0.15) is 31.2 Å². The molecule has 0 aliphatic carbocycles. The quantitative estimate of drug-likeness (QED) is 0.890. The van der Waals surface area contributed by atoms with E-state index in [0.717, 1.165) is 37.8 Å². The summed E-state index contributed by atoms with van der Waals surface area (Å²) < 4.78 is 43.6. The van der Waals surface area contributed by atoms with Gasteiger partial charge in [0.25, 0.3) is 0 Å². The van der Waals surface area contributed by atoms with Gasteiger partial charge in [0.1, 0.15) is 11.9 Å². The van der Waals surface area contributed by atoms with E-state index in [2.05, 4.69) is 5.32 Å². The summed E-state index contributed by atoms with van der Waals surface area (Å²) in [5.74, 6) is 0.320. The zero-order valence-corrected chi connectivity index (χ0v) is 10.4. The summed E-state index contributed by atoms with van der Waals surface area (Å²) in [6.07, 6.45) is -0.228. The number of piperidine rings is 1. The van der Waals surface area contributed by atoms with E-state index in [9.17, 15) is 13.2 Å². The van der Waals surface area contributed by atoms with Crippen LogP contribution in [-0.4, -0.2) is 18.2 Å². The van der Waals surface area contributed by atoms with Crippen molar-refractivity contribution < 1.29 is 17.9 Å². The fourth-order valence-electron chi connectivity index (χ4n) is 3.04. The van der Waals surface area contributed by atoms with Gasteiger partial charge in [0.15, 0.2) is 0 Å². The topological polar surface area (TPSA) is 21.3 Å². The molecule has 19 heavy (non-hydrogen) atoms. The van der Waals surface area contributed by atoms with E-state index < -0.39 is 11.7 Å². The Kier molecular flexibility index (Phi) is 3.17. The number of hydrogen-bond acceptors (Lipinski definition) is 2. The summed E-state index contributed by atoms with van der Waals surface area (Å²) in [5.41, 5.74) is -0.651. The van der Waals surface area contributed by atoms with E-state index in [0.29, 0.717) is 17.8 Å². The van der Waals surface area contributed by atoms with Crippen molar-refractivity contribution in [3.05, 3.63) is 29.8 Å². The Labute approximate surface area is 109 Å². The fraction of sp³-hybridized carbons (Fsp3) is 0.571. The summed E-state index contributed by atoms with van der Waals surface area (Å²) >= 11 is 0. The molecular formula is C14H16F3NO. The third-order valence-electron chi connectivity index (χ3n) is 3.89. The number of benzene rings is 1. The van der Waals surface area contributed by atoms with Crippen LogP contribution in [0.3, 0.4) is 0 Å². The first-order valence-corrected chi connectivity index (χ1v) is 6.60. The van der Waals surface area contributed by atoms with Gasteiger partial charge in [-0.15, -0.1) is 0 Å². The van der Waals surface area contributed by atoms with Crippen LogP contribution in [0.25, 0.3) is 0 Å². The number of rotatable bonds is 2. The van der Waals surface area contributed by atoms with Crippen molar-refractivity contribution in [2.24, 2.45) is 0 Å². The minimum atomic E-state index is -4.31. The van der Waals surface area contributed by atoms with Gasteiger partial charge in [0.2, 0.25) is 0 Å². The predicted molar refractivity (Wildman–Crippen MR) is 65.0 cm³/mol. The summed E-state index contributed by atoms with van der Waals surface area (Å²) in [7, 11) is 0. The standard InChI is InChI=1S/C14H16F3NO/c15-14(16,17)9-2-1-3-12(6-9)19-13-7-10-4-5-11(8-13)18-10/h1-3,6,10-11,13,18H,4-5,7-8H2/t10-,11+,13?. The molecule has 0 radical (unpaired) electrons. The van der Waals surface area contributed by atoms with E-state index >= 15 is 0 Å². The molecule has 2 heterocycles. The van der Waals surface area contributed by atoms with Crippen LogP contribution < -0.4 is 10.1 Å². The summed E-state index contributed by atoms with van der Waals surface area (Å²) in [6.45, 7) is 0. The molecule has 3 atom stereocenters. The Morgan fingerprint density at radius 1 is 1.11 bits per heavy atom. The average Bonchev–Trinajstić information content (AvgIpc) is 2.68. The van der Waals surface area contributed by atoms with Gasteiger partial charge in [0, 0.05) is 12.1 Å². The number of alkyl halides is 3. The van der Waals surface area contributed by atoms with Crippen molar-refractivity contribution in [2.45, 2.75) is 50.0 Å². The molecule has 0 aromatic heterocycles. The molecule has 1 aromatic carbocycles. The maximum Gasteiger partial charge on any atom is 0.416 e. The molecule has 0 spiro atoms. The summed E-state index contributed by atoms with van der Waals surface area (Å²) in [5, 5.41) is 3.48. The van der Waals surface area contributed by atoms with E-state index in [1.807, 2.05) is 0 Å². The molecule has 2 bridgehead atoms. The summed E-state index contributed by atoms with van der Waals surface area (Å²) in [4.78, 5) is 0. The van der Waals surface area contributed by atoms with Crippen molar-refractivity contribution in [1.29, 1.82) is 0 Å². The third kappa shape index (κ3) is 2.86. The molecule has 1 aromatic rings. The highest BCUT2D eigenvalue weighted by molar-refractivity contribution is 5.30. The number of fused-ring (bicyclic) bond motifs is 2. The monoisotopic (exact) mass is 271 g/mol. The van der Waals surface area contributed by atoms with Gasteiger partial charge < -0.3 is 10.1 Å². The molecular weight excluding hydrogens is 255 g/mol. The minimum absolute atomic E-state index is 0.0298. The first kappa shape index (κ1) is 12.8. The van der Waals surface area contributed by atoms with Crippen molar-refractivity contribution in [1.82, 2.24) is 5.32 Å². The number of halogens is 3. The first-order chi connectivity index (χ1) is 9.00. The smallest absolute Gasteiger partial charge is 0.416 e. The molecule has 2 aliphatic rings. The highest BCUT2D eigenvalue weighted by Crippen LogP contribution is 2.33. The van der Waals surface area contributed by atoms with Crippen LogP contribution in [0, 0.1) is 0 Å². The second-order valence-electron chi connectivity index (χ2n) is 5.37. The van der Waals surface area contributed by atoms with E-state index in [-0.39, 0.29) is 6.10 Å². The van der Waals surface area contributed by atoms with E-state index in [1.54, 1.807) is 6.07 Å². The van der Waals surface area contributed by atoms with Crippen molar-refractivity contribution in [2.75, 3.05) is 0 Å². The van der Waals surface area contributed by atoms with Crippen LogP contribution in [0.4, 0.5) is 13.2 Å². The van der Waals surface area contributed by atoms with E-state index in [1.165, 1.54) is 6.07 Å². The normalized spacial score (nSPS) is 30.4. The lowest BCUT2D eigenvalue weighted by Crippen LogP contribution is -2.42. The van der Waals surface area contributed by atoms with Gasteiger partial charge in [-0.05, 0) is 43.9 Å². The van der Waals surface area contributed by atoms with Crippen LogP contribution in [0.15, 0.2) is 24.3 Å². The van der Waals surface area contributed by atoms with Crippen LogP contribution >= 0.6 is 0 Å². The van der Waals surface area contributed by atoms with Crippen molar-refractivity contribution in [3.8, 4) is 5.75 Å². The Morgan fingerprint density at radius 3 is 2.42 bits per heavy atom. The molecule has 2 aliphatic heterocycles. The second-order valence-corrected chi connectivity index (χ2v) is 5.37. The lowest BCUT2D eigenvalue weighted by atomic mass is 10.0. The predicted octanol–water partition coefficient (Wildman–Crippen LogP) is 3.37. The third-order valence-corrected chi connectivity index (χ3v) is 3.89. The van der Waals surface area contributed by atoms with Gasteiger partial charge in [-0.2, -0.15) is 13.2 Å². The lowest BCUT2D eigenvalue weighted by Gasteiger charge is -2.29.